The van der Waals surface area contributed by atoms with E-state index in [2.05, 4.69) is 5.10 Å². The van der Waals surface area contributed by atoms with Crippen molar-refractivity contribution in [1.82, 2.24) is 9.61 Å². The topological polar surface area (TPSA) is 37.5 Å². The van der Waals surface area contributed by atoms with Crippen LogP contribution in [0.3, 0.4) is 0 Å². The van der Waals surface area contributed by atoms with Crippen LogP contribution in [0.25, 0.3) is 5.52 Å². The van der Waals surface area contributed by atoms with E-state index in [0.29, 0.717) is 11.1 Å². The number of fused-ring (bicyclic) bond motifs is 1. The highest BCUT2D eigenvalue weighted by Gasteiger charge is 2.35. The molecule has 1 N–H and O–H groups in total. The molecule has 1 aromatic carbocycles. The van der Waals surface area contributed by atoms with Gasteiger partial charge in [0.05, 0.1) is 17.3 Å². The number of alkyl halides is 3. The van der Waals surface area contributed by atoms with Crippen LogP contribution in [0.2, 0.25) is 0 Å². The number of hydrogen-bond acceptors (Lipinski definition) is 2. The Morgan fingerprint density at radius 3 is 2.48 bits per heavy atom. The van der Waals surface area contributed by atoms with E-state index in [1.165, 1.54) is 28.9 Å². The summed E-state index contributed by atoms with van der Waals surface area (Å²) in [5.41, 5.74) is -0.106. The minimum Gasteiger partial charge on any atom is -0.384 e. The first kappa shape index (κ1) is 13.6. The zero-order valence-corrected chi connectivity index (χ0v) is 10.7. The van der Waals surface area contributed by atoms with Crippen LogP contribution in [0.15, 0.2) is 54.9 Å². The van der Waals surface area contributed by atoms with Gasteiger partial charge in [-0.3, -0.25) is 0 Å². The second kappa shape index (κ2) is 4.89. The Morgan fingerprint density at radius 2 is 1.71 bits per heavy atom. The average Bonchev–Trinajstić information content (AvgIpc) is 2.89. The smallest absolute Gasteiger partial charge is 0.384 e. The highest BCUT2D eigenvalue weighted by atomic mass is 19.4. The van der Waals surface area contributed by atoms with Crippen LogP contribution >= 0.6 is 0 Å². The van der Waals surface area contributed by atoms with Gasteiger partial charge in [-0.25, -0.2) is 4.52 Å². The van der Waals surface area contributed by atoms with Gasteiger partial charge >= 0.3 is 6.18 Å². The molecular formula is C15H11F3N2O. The van der Waals surface area contributed by atoms with Gasteiger partial charge in [-0.1, -0.05) is 24.3 Å². The Kier molecular flexibility index (Phi) is 3.17. The molecular weight excluding hydrogens is 281 g/mol. The molecule has 3 nitrogen and oxygen atoms in total. The minimum absolute atomic E-state index is 0.177. The van der Waals surface area contributed by atoms with Crippen molar-refractivity contribution < 1.29 is 18.3 Å². The fraction of sp³-hybridized carbons (Fsp3) is 0.133. The average molecular weight is 292 g/mol. The van der Waals surface area contributed by atoms with Gasteiger partial charge in [-0.2, -0.15) is 18.3 Å². The van der Waals surface area contributed by atoms with Crippen molar-refractivity contribution >= 4 is 5.52 Å². The predicted molar refractivity (Wildman–Crippen MR) is 70.7 cm³/mol. The lowest BCUT2D eigenvalue weighted by atomic mass is 9.97. The molecule has 0 aliphatic heterocycles. The Morgan fingerprint density at radius 1 is 1.00 bits per heavy atom. The Balaban J connectivity index is 2.13. The maximum absolute atomic E-state index is 13.0. The number of halogens is 3. The van der Waals surface area contributed by atoms with Gasteiger partial charge in [0, 0.05) is 11.8 Å². The van der Waals surface area contributed by atoms with E-state index in [1.807, 2.05) is 0 Å². The summed E-state index contributed by atoms with van der Waals surface area (Å²) >= 11 is 0. The molecule has 1 atom stereocenters. The van der Waals surface area contributed by atoms with Crippen molar-refractivity contribution in [2.45, 2.75) is 12.3 Å². The zero-order chi connectivity index (χ0) is 15.0. The lowest BCUT2D eigenvalue weighted by molar-refractivity contribution is -0.139. The Bertz CT molecular complexity index is 780. The monoisotopic (exact) mass is 292 g/mol. The first-order chi connectivity index (χ1) is 9.98. The van der Waals surface area contributed by atoms with Gasteiger partial charge in [-0.15, -0.1) is 0 Å². The van der Waals surface area contributed by atoms with Gasteiger partial charge in [0.1, 0.15) is 6.10 Å². The normalized spacial score (nSPS) is 13.5. The summed E-state index contributed by atoms with van der Waals surface area (Å²) in [6, 6.07) is 10.2. The fourth-order valence-electron chi connectivity index (χ4n) is 2.33. The van der Waals surface area contributed by atoms with Gasteiger partial charge in [0.25, 0.3) is 0 Å². The summed E-state index contributed by atoms with van der Waals surface area (Å²) in [7, 11) is 0. The predicted octanol–water partition coefficient (Wildman–Crippen LogP) is 3.43. The first-order valence-corrected chi connectivity index (χ1v) is 6.25. The van der Waals surface area contributed by atoms with Crippen molar-refractivity contribution in [2.24, 2.45) is 0 Å². The number of aromatic nitrogens is 2. The molecule has 1 unspecified atom stereocenters. The fourth-order valence-corrected chi connectivity index (χ4v) is 2.33. The molecule has 0 fully saturated rings. The second-order valence-electron chi connectivity index (χ2n) is 4.62. The number of hydrogen-bond donors (Lipinski definition) is 1. The van der Waals surface area contributed by atoms with Gasteiger partial charge in [0.2, 0.25) is 0 Å². The molecule has 0 radical (unpaired) electrons. The maximum atomic E-state index is 13.0. The summed E-state index contributed by atoms with van der Waals surface area (Å²) in [5, 5.41) is 14.4. The molecule has 0 spiro atoms. The second-order valence-corrected chi connectivity index (χ2v) is 4.62. The van der Waals surface area contributed by atoms with Crippen molar-refractivity contribution in [1.29, 1.82) is 0 Å². The highest BCUT2D eigenvalue weighted by Crippen LogP contribution is 2.37. The van der Waals surface area contributed by atoms with Crippen molar-refractivity contribution in [2.75, 3.05) is 0 Å². The molecule has 6 heteroatoms. The van der Waals surface area contributed by atoms with Crippen LogP contribution in [0.4, 0.5) is 13.2 Å². The largest absolute Gasteiger partial charge is 0.416 e. The molecule has 0 aliphatic carbocycles. The van der Waals surface area contributed by atoms with Gasteiger partial charge in [0.15, 0.2) is 0 Å². The third-order valence-corrected chi connectivity index (χ3v) is 3.31. The summed E-state index contributed by atoms with van der Waals surface area (Å²) < 4.78 is 40.6. The van der Waals surface area contributed by atoms with E-state index in [1.54, 1.807) is 24.4 Å². The van der Waals surface area contributed by atoms with Crippen molar-refractivity contribution in [3.8, 4) is 0 Å². The Hall–Kier alpha value is -2.34. The number of pyridine rings is 1. The van der Waals surface area contributed by atoms with Crippen LogP contribution in [-0.2, 0) is 6.18 Å². The van der Waals surface area contributed by atoms with E-state index in [-0.39, 0.29) is 5.56 Å². The van der Waals surface area contributed by atoms with E-state index < -0.39 is 17.8 Å². The molecule has 0 aliphatic rings. The standard InChI is InChI=1S/C15H11F3N2O/c16-15(17,18)12-6-2-1-5-10(12)14(21)11-9-19-20-8-4-3-7-13(11)20/h1-9,14,21H. The summed E-state index contributed by atoms with van der Waals surface area (Å²) in [5.74, 6) is 0. The van der Waals surface area contributed by atoms with E-state index in [0.717, 1.165) is 6.07 Å². The van der Waals surface area contributed by atoms with Gasteiger partial charge in [-0.05, 0) is 23.8 Å². The lowest BCUT2D eigenvalue weighted by Gasteiger charge is -2.16. The van der Waals surface area contributed by atoms with Crippen LogP contribution < -0.4 is 0 Å². The quantitative estimate of drug-likeness (QED) is 0.785. The minimum atomic E-state index is -4.51. The molecule has 21 heavy (non-hydrogen) atoms. The molecule has 0 saturated carbocycles. The van der Waals surface area contributed by atoms with Crippen LogP contribution in [0.1, 0.15) is 22.8 Å². The lowest BCUT2D eigenvalue weighted by Crippen LogP contribution is -2.12. The van der Waals surface area contributed by atoms with Gasteiger partial charge < -0.3 is 5.11 Å². The molecule has 0 saturated heterocycles. The number of aliphatic hydroxyl groups is 1. The van der Waals surface area contributed by atoms with Crippen LogP contribution in [-0.4, -0.2) is 14.7 Å². The Labute approximate surface area is 118 Å². The van der Waals surface area contributed by atoms with Crippen LogP contribution in [0, 0.1) is 0 Å². The van der Waals surface area contributed by atoms with E-state index in [4.69, 9.17) is 0 Å². The number of rotatable bonds is 2. The molecule has 2 heterocycles. The maximum Gasteiger partial charge on any atom is 0.416 e. The molecule has 0 bridgehead atoms. The third-order valence-electron chi connectivity index (χ3n) is 3.31. The highest BCUT2D eigenvalue weighted by molar-refractivity contribution is 5.57. The molecule has 2 aromatic heterocycles. The molecule has 3 aromatic rings. The number of benzene rings is 1. The number of aliphatic hydroxyl groups excluding tert-OH is 1. The summed E-state index contributed by atoms with van der Waals surface area (Å²) in [4.78, 5) is 0. The summed E-state index contributed by atoms with van der Waals surface area (Å²) in [6.07, 6.45) is -2.85. The van der Waals surface area contributed by atoms with Crippen LogP contribution in [0.5, 0.6) is 0 Å². The zero-order valence-electron chi connectivity index (χ0n) is 10.7. The SMILES string of the molecule is OC(c1ccccc1C(F)(F)F)c1cnn2ccccc12. The molecule has 108 valence electrons. The summed E-state index contributed by atoms with van der Waals surface area (Å²) in [6.45, 7) is 0. The van der Waals surface area contributed by atoms with E-state index >= 15 is 0 Å². The van der Waals surface area contributed by atoms with E-state index in [9.17, 15) is 18.3 Å². The first-order valence-electron chi connectivity index (χ1n) is 6.25. The van der Waals surface area contributed by atoms with Crippen molar-refractivity contribution in [3.05, 3.63) is 71.5 Å². The molecule has 3 rings (SSSR count). The van der Waals surface area contributed by atoms with Crippen molar-refractivity contribution in [3.63, 3.8) is 0 Å². The molecule has 0 amide bonds. The third kappa shape index (κ3) is 2.38. The number of nitrogens with zero attached hydrogens (tertiary/aromatic N) is 2.